The fourth-order valence-electron chi connectivity index (χ4n) is 4.85. The van der Waals surface area contributed by atoms with Crippen LogP contribution in [0.5, 0.6) is 11.5 Å². The number of aliphatic hydroxyl groups is 1. The number of carbonyl (C=O) groups excluding carboxylic acids is 2. The summed E-state index contributed by atoms with van der Waals surface area (Å²) in [5, 5.41) is 11.6. The molecular formula is C27H27N5O5. The second-order valence-corrected chi connectivity index (χ2v) is 8.74. The van der Waals surface area contributed by atoms with Crippen LogP contribution < -0.4 is 9.47 Å². The van der Waals surface area contributed by atoms with E-state index >= 15 is 0 Å². The van der Waals surface area contributed by atoms with Gasteiger partial charge in [-0.1, -0.05) is 12.1 Å². The first-order chi connectivity index (χ1) is 17.9. The van der Waals surface area contributed by atoms with Gasteiger partial charge in [0, 0.05) is 31.7 Å². The SMILES string of the molecule is COc1ccc([C@@H]2C(=C(O)c3c(C)nc4ccccn34)C(=O)C(=O)N2CCCn2ccnc2)cc1OC. The lowest BCUT2D eigenvalue weighted by Crippen LogP contribution is -2.31. The zero-order valence-corrected chi connectivity index (χ0v) is 20.8. The van der Waals surface area contributed by atoms with Crippen LogP contribution in [0, 0.1) is 6.92 Å². The normalized spacial score (nSPS) is 17.1. The van der Waals surface area contributed by atoms with Crippen LogP contribution in [0.3, 0.4) is 0 Å². The number of methoxy groups -OCH3 is 2. The van der Waals surface area contributed by atoms with Gasteiger partial charge in [0.05, 0.1) is 37.9 Å². The number of ether oxygens (including phenoxy) is 2. The van der Waals surface area contributed by atoms with Gasteiger partial charge in [0.25, 0.3) is 11.7 Å². The topological polar surface area (TPSA) is 111 Å². The molecule has 1 fully saturated rings. The molecule has 4 heterocycles. The number of likely N-dealkylation sites (tertiary alicyclic amines) is 1. The Hall–Kier alpha value is -4.60. The molecule has 4 aromatic rings. The highest BCUT2D eigenvalue weighted by Crippen LogP contribution is 2.42. The van der Waals surface area contributed by atoms with E-state index in [-0.39, 0.29) is 11.3 Å². The van der Waals surface area contributed by atoms with E-state index in [0.717, 1.165) is 0 Å². The molecule has 0 aliphatic carbocycles. The van der Waals surface area contributed by atoms with E-state index in [1.54, 1.807) is 48.2 Å². The van der Waals surface area contributed by atoms with Crippen LogP contribution in [0.15, 0.2) is 66.9 Å². The molecule has 1 aliphatic heterocycles. The van der Waals surface area contributed by atoms with Crippen molar-refractivity contribution in [3.05, 3.63) is 83.8 Å². The zero-order chi connectivity index (χ0) is 26.1. The Kier molecular flexibility index (Phi) is 6.39. The summed E-state index contributed by atoms with van der Waals surface area (Å²) in [7, 11) is 3.05. The highest BCUT2D eigenvalue weighted by molar-refractivity contribution is 6.46. The second kappa shape index (κ2) is 9.81. The summed E-state index contributed by atoms with van der Waals surface area (Å²) in [5.41, 5.74) is 2.17. The van der Waals surface area contributed by atoms with Crippen LogP contribution in [-0.4, -0.2) is 61.4 Å². The van der Waals surface area contributed by atoms with E-state index in [0.29, 0.717) is 53.6 Å². The number of hydrogen-bond acceptors (Lipinski definition) is 7. The summed E-state index contributed by atoms with van der Waals surface area (Å²) < 4.78 is 14.5. The highest BCUT2D eigenvalue weighted by atomic mass is 16.5. The number of benzene rings is 1. The maximum Gasteiger partial charge on any atom is 0.295 e. The lowest BCUT2D eigenvalue weighted by molar-refractivity contribution is -0.139. The number of ketones is 1. The van der Waals surface area contributed by atoms with E-state index in [1.165, 1.54) is 19.1 Å². The fourth-order valence-corrected chi connectivity index (χ4v) is 4.85. The number of aromatic nitrogens is 4. The first kappa shape index (κ1) is 24.1. The summed E-state index contributed by atoms with van der Waals surface area (Å²) in [6.07, 6.45) is 7.58. The number of hydrogen-bond donors (Lipinski definition) is 1. The Morgan fingerprint density at radius 1 is 1.05 bits per heavy atom. The van der Waals surface area contributed by atoms with Crippen LogP contribution in [0.25, 0.3) is 11.4 Å². The lowest BCUT2D eigenvalue weighted by Gasteiger charge is -2.26. The quantitative estimate of drug-likeness (QED) is 0.224. The molecule has 1 N–H and O–H groups in total. The maximum atomic E-state index is 13.4. The predicted octanol–water partition coefficient (Wildman–Crippen LogP) is 3.37. The number of imidazole rings is 2. The largest absolute Gasteiger partial charge is 0.505 e. The molecule has 1 aromatic carbocycles. The van der Waals surface area contributed by atoms with Gasteiger partial charge in [-0.05, 0) is 43.2 Å². The van der Waals surface area contributed by atoms with E-state index < -0.39 is 17.7 Å². The van der Waals surface area contributed by atoms with Gasteiger partial charge in [0.2, 0.25) is 0 Å². The molecule has 0 radical (unpaired) electrons. The molecule has 0 unspecified atom stereocenters. The molecule has 3 aromatic heterocycles. The van der Waals surface area contributed by atoms with Crippen LogP contribution in [0.1, 0.15) is 29.4 Å². The number of fused-ring (bicyclic) bond motifs is 1. The number of pyridine rings is 1. The molecule has 0 bridgehead atoms. The number of carbonyl (C=O) groups is 2. The third-order valence-electron chi connectivity index (χ3n) is 6.57. The number of aryl methyl sites for hydroxylation is 2. The first-order valence-electron chi connectivity index (χ1n) is 11.8. The molecular weight excluding hydrogens is 474 g/mol. The van der Waals surface area contributed by atoms with Crippen molar-refractivity contribution >= 4 is 23.1 Å². The van der Waals surface area contributed by atoms with Crippen molar-refractivity contribution in [1.29, 1.82) is 0 Å². The Bertz CT molecular complexity index is 1500. The third kappa shape index (κ3) is 4.20. The number of amides is 1. The number of Topliss-reactive ketones (excluding diaryl/α,β-unsaturated/α-hetero) is 1. The Labute approximate surface area is 213 Å². The number of nitrogens with zero attached hydrogens (tertiary/aromatic N) is 5. The van der Waals surface area contributed by atoms with Crippen molar-refractivity contribution in [3.63, 3.8) is 0 Å². The molecule has 1 atom stereocenters. The van der Waals surface area contributed by atoms with Crippen LogP contribution in [0.2, 0.25) is 0 Å². The highest BCUT2D eigenvalue weighted by Gasteiger charge is 2.46. The van der Waals surface area contributed by atoms with Gasteiger partial charge >= 0.3 is 0 Å². The van der Waals surface area contributed by atoms with Gasteiger partial charge in [-0.3, -0.25) is 14.0 Å². The van der Waals surface area contributed by atoms with Crippen molar-refractivity contribution in [1.82, 2.24) is 23.8 Å². The monoisotopic (exact) mass is 501 g/mol. The van der Waals surface area contributed by atoms with Gasteiger partial charge in [-0.25, -0.2) is 9.97 Å². The minimum Gasteiger partial charge on any atom is -0.505 e. The van der Waals surface area contributed by atoms with Crippen LogP contribution in [0.4, 0.5) is 0 Å². The predicted molar refractivity (Wildman–Crippen MR) is 135 cm³/mol. The van der Waals surface area contributed by atoms with E-state index in [2.05, 4.69) is 9.97 Å². The van der Waals surface area contributed by atoms with Crippen molar-refractivity contribution in [2.24, 2.45) is 0 Å². The summed E-state index contributed by atoms with van der Waals surface area (Å²) in [6.45, 7) is 2.67. The van der Waals surface area contributed by atoms with Gasteiger partial charge < -0.3 is 24.0 Å². The summed E-state index contributed by atoms with van der Waals surface area (Å²) in [6, 6.07) is 9.86. The second-order valence-electron chi connectivity index (χ2n) is 8.74. The molecule has 5 rings (SSSR count). The third-order valence-corrected chi connectivity index (χ3v) is 6.57. The number of rotatable bonds is 8. The molecule has 190 valence electrons. The standard InChI is InChI=1S/C27H27N5O5/c1-17-23(31-12-5-4-7-21(31)29-17)25(33)22-24(18-8-9-19(36-2)20(15-18)37-3)32(27(35)26(22)34)13-6-11-30-14-10-28-16-30/h4-5,7-10,12,14-16,24,33H,6,11,13H2,1-3H3/t24-/m1/s1. The molecule has 1 amide bonds. The number of aliphatic hydroxyl groups excluding tert-OH is 1. The van der Waals surface area contributed by atoms with Gasteiger partial charge in [-0.2, -0.15) is 0 Å². The fraction of sp³-hybridized carbons (Fsp3) is 0.259. The van der Waals surface area contributed by atoms with E-state index in [4.69, 9.17) is 9.47 Å². The van der Waals surface area contributed by atoms with E-state index in [1.807, 2.05) is 29.0 Å². The minimum absolute atomic E-state index is 0.00797. The molecule has 10 heteroatoms. The van der Waals surface area contributed by atoms with E-state index in [9.17, 15) is 14.7 Å². The average Bonchev–Trinajstić information content (AvgIpc) is 3.61. The Balaban J connectivity index is 1.63. The van der Waals surface area contributed by atoms with Crippen molar-refractivity contribution in [2.75, 3.05) is 20.8 Å². The summed E-state index contributed by atoms with van der Waals surface area (Å²) in [4.78, 5) is 36.8. The van der Waals surface area contributed by atoms with Crippen molar-refractivity contribution in [3.8, 4) is 11.5 Å². The maximum absolute atomic E-state index is 13.4. The summed E-state index contributed by atoms with van der Waals surface area (Å²) >= 11 is 0. The minimum atomic E-state index is -0.823. The smallest absolute Gasteiger partial charge is 0.295 e. The van der Waals surface area contributed by atoms with Crippen molar-refractivity contribution in [2.45, 2.75) is 25.9 Å². The molecule has 37 heavy (non-hydrogen) atoms. The molecule has 1 aliphatic rings. The van der Waals surface area contributed by atoms with Crippen LogP contribution in [-0.2, 0) is 16.1 Å². The summed E-state index contributed by atoms with van der Waals surface area (Å²) in [5.74, 6) is -0.717. The van der Waals surface area contributed by atoms with Gasteiger partial charge in [0.1, 0.15) is 11.3 Å². The van der Waals surface area contributed by atoms with Crippen LogP contribution >= 0.6 is 0 Å². The van der Waals surface area contributed by atoms with Gasteiger partial charge in [0.15, 0.2) is 17.3 Å². The first-order valence-corrected chi connectivity index (χ1v) is 11.8. The lowest BCUT2D eigenvalue weighted by atomic mass is 9.95. The molecule has 0 saturated carbocycles. The average molecular weight is 502 g/mol. The molecule has 1 saturated heterocycles. The Morgan fingerprint density at radius 2 is 1.86 bits per heavy atom. The molecule has 10 nitrogen and oxygen atoms in total. The Morgan fingerprint density at radius 3 is 2.59 bits per heavy atom. The van der Waals surface area contributed by atoms with Crippen molar-refractivity contribution < 1.29 is 24.2 Å². The van der Waals surface area contributed by atoms with Gasteiger partial charge in [-0.15, -0.1) is 0 Å². The zero-order valence-electron chi connectivity index (χ0n) is 20.8. The molecule has 0 spiro atoms.